The highest BCUT2D eigenvalue weighted by molar-refractivity contribution is 6.74. The van der Waals surface area contributed by atoms with Gasteiger partial charge in [0, 0.05) is 25.7 Å². The molecule has 0 aromatic heterocycles. The minimum atomic E-state index is -1.59. The molecule has 0 aromatic carbocycles. The molecule has 4 nitrogen and oxygen atoms in total. The molecule has 5 heteroatoms. The summed E-state index contributed by atoms with van der Waals surface area (Å²) in [5.74, 6) is 0.630. The van der Waals surface area contributed by atoms with Gasteiger partial charge in [0.15, 0.2) is 8.32 Å². The number of hydrogen-bond donors (Lipinski definition) is 2. The topological polar surface area (TPSA) is 52.9 Å². The Morgan fingerprint density at radius 3 is 2.07 bits per heavy atom. The lowest BCUT2D eigenvalue weighted by molar-refractivity contribution is 0.0184. The van der Waals surface area contributed by atoms with Crippen LogP contribution in [0.4, 0.5) is 0 Å². The van der Waals surface area contributed by atoms with Crippen LogP contribution in [0.1, 0.15) is 72.1 Å². The SMILES string of the molecule is CC(C)(C)[Si](C)(C)OCCCCN1CCC2(CCC(C(CO)CO)CC2)CC1. The number of nitrogens with zero attached hydrogens (tertiary/aromatic N) is 1. The summed E-state index contributed by atoms with van der Waals surface area (Å²) in [5, 5.41) is 19.2. The number of rotatable bonds is 9. The van der Waals surface area contributed by atoms with E-state index in [4.69, 9.17) is 4.43 Å². The maximum Gasteiger partial charge on any atom is 0.191 e. The molecular weight excluding hydrogens is 366 g/mol. The fraction of sp³-hybridized carbons (Fsp3) is 1.00. The lowest BCUT2D eigenvalue weighted by Gasteiger charge is -2.47. The molecule has 0 bridgehead atoms. The fourth-order valence-electron chi connectivity index (χ4n) is 4.81. The summed E-state index contributed by atoms with van der Waals surface area (Å²) in [6, 6.07) is 0. The Hall–Kier alpha value is 0.0569. The molecule has 1 saturated heterocycles. The number of piperidine rings is 1. The molecule has 0 amide bonds. The van der Waals surface area contributed by atoms with Gasteiger partial charge in [0.05, 0.1) is 0 Å². The summed E-state index contributed by atoms with van der Waals surface area (Å²) in [4.78, 5) is 2.66. The van der Waals surface area contributed by atoms with Gasteiger partial charge in [0.2, 0.25) is 0 Å². The van der Waals surface area contributed by atoms with E-state index in [0.29, 0.717) is 16.4 Å². The number of hydrogen-bond acceptors (Lipinski definition) is 4. The number of aliphatic hydroxyl groups excluding tert-OH is 2. The molecule has 0 unspecified atom stereocenters. The Bertz CT molecular complexity index is 441. The second kappa shape index (κ2) is 10.4. The average molecular weight is 414 g/mol. The van der Waals surface area contributed by atoms with Gasteiger partial charge >= 0.3 is 0 Å². The largest absolute Gasteiger partial charge is 0.417 e. The lowest BCUT2D eigenvalue weighted by Crippen LogP contribution is -2.43. The zero-order valence-electron chi connectivity index (χ0n) is 19.3. The second-order valence-electron chi connectivity index (χ2n) is 11.1. The maximum absolute atomic E-state index is 9.45. The van der Waals surface area contributed by atoms with Crippen molar-refractivity contribution in [3.05, 3.63) is 0 Å². The van der Waals surface area contributed by atoms with E-state index in [2.05, 4.69) is 38.8 Å². The van der Waals surface area contributed by atoms with E-state index in [1.807, 2.05) is 0 Å². The molecule has 1 aliphatic carbocycles. The molecule has 0 atom stereocenters. The first-order chi connectivity index (χ1) is 13.1. The van der Waals surface area contributed by atoms with Crippen molar-refractivity contribution in [2.24, 2.45) is 17.3 Å². The molecular formula is C23H47NO3Si. The summed E-state index contributed by atoms with van der Waals surface area (Å²) >= 11 is 0. The number of aliphatic hydroxyl groups is 2. The average Bonchev–Trinajstić information content (AvgIpc) is 2.65. The van der Waals surface area contributed by atoms with Crippen molar-refractivity contribution in [2.45, 2.75) is 90.3 Å². The van der Waals surface area contributed by atoms with Gasteiger partial charge in [-0.1, -0.05) is 20.8 Å². The van der Waals surface area contributed by atoms with E-state index in [-0.39, 0.29) is 19.1 Å². The molecule has 28 heavy (non-hydrogen) atoms. The van der Waals surface area contributed by atoms with E-state index in [9.17, 15) is 10.2 Å². The van der Waals surface area contributed by atoms with Crippen molar-refractivity contribution in [1.82, 2.24) is 4.90 Å². The van der Waals surface area contributed by atoms with Gasteiger partial charge in [-0.3, -0.25) is 0 Å². The highest BCUT2D eigenvalue weighted by Gasteiger charge is 2.39. The first kappa shape index (κ1) is 24.3. The van der Waals surface area contributed by atoms with Crippen molar-refractivity contribution in [3.8, 4) is 0 Å². The van der Waals surface area contributed by atoms with Crippen molar-refractivity contribution in [1.29, 1.82) is 0 Å². The lowest BCUT2D eigenvalue weighted by atomic mass is 9.63. The van der Waals surface area contributed by atoms with Crippen molar-refractivity contribution >= 4 is 8.32 Å². The second-order valence-corrected chi connectivity index (χ2v) is 15.9. The van der Waals surface area contributed by atoms with Crippen LogP contribution in [-0.2, 0) is 4.43 Å². The van der Waals surface area contributed by atoms with Crippen LogP contribution in [0.3, 0.4) is 0 Å². The van der Waals surface area contributed by atoms with Crippen LogP contribution < -0.4 is 0 Å². The first-order valence-corrected chi connectivity index (χ1v) is 14.6. The first-order valence-electron chi connectivity index (χ1n) is 11.7. The third kappa shape index (κ3) is 6.53. The van der Waals surface area contributed by atoms with Gasteiger partial charge in [-0.05, 0) is 100 Å². The Balaban J connectivity index is 1.62. The molecule has 166 valence electrons. The van der Waals surface area contributed by atoms with E-state index < -0.39 is 8.32 Å². The standard InChI is InChI=1S/C23H47NO3Si/c1-22(2,3)28(4,5)27-17-7-6-14-24-15-12-23(13-16-24)10-8-20(9-11-23)21(18-25)19-26/h20-21,25-26H,6-19H2,1-5H3. The van der Waals surface area contributed by atoms with Crippen LogP contribution in [0.15, 0.2) is 0 Å². The van der Waals surface area contributed by atoms with Gasteiger partial charge in [-0.2, -0.15) is 0 Å². The summed E-state index contributed by atoms with van der Waals surface area (Å²) in [6.45, 7) is 16.5. The summed E-state index contributed by atoms with van der Waals surface area (Å²) < 4.78 is 6.31. The monoisotopic (exact) mass is 413 g/mol. The van der Waals surface area contributed by atoms with E-state index in [1.165, 1.54) is 71.0 Å². The number of likely N-dealkylation sites (tertiary alicyclic amines) is 1. The van der Waals surface area contributed by atoms with Crippen LogP contribution >= 0.6 is 0 Å². The summed E-state index contributed by atoms with van der Waals surface area (Å²) in [7, 11) is -1.59. The Labute approximate surface area is 175 Å². The maximum atomic E-state index is 9.45. The molecule has 0 aromatic rings. The molecule has 1 heterocycles. The molecule has 2 fully saturated rings. The highest BCUT2D eigenvalue weighted by Crippen LogP contribution is 2.47. The summed E-state index contributed by atoms with van der Waals surface area (Å²) in [5.41, 5.74) is 0.550. The normalized spacial score (nSPS) is 22.3. The van der Waals surface area contributed by atoms with Gasteiger partial charge in [-0.15, -0.1) is 0 Å². The van der Waals surface area contributed by atoms with Crippen LogP contribution in [0.5, 0.6) is 0 Å². The molecule has 2 rings (SSSR count). The Morgan fingerprint density at radius 1 is 1.00 bits per heavy atom. The third-order valence-corrected chi connectivity index (χ3v) is 12.8. The van der Waals surface area contributed by atoms with Crippen LogP contribution in [0.2, 0.25) is 18.1 Å². The molecule has 1 aliphatic heterocycles. The van der Waals surface area contributed by atoms with Crippen LogP contribution in [0, 0.1) is 17.3 Å². The van der Waals surface area contributed by atoms with Crippen molar-refractivity contribution in [3.63, 3.8) is 0 Å². The van der Waals surface area contributed by atoms with Gasteiger partial charge in [-0.25, -0.2) is 0 Å². The molecule has 1 saturated carbocycles. The van der Waals surface area contributed by atoms with E-state index in [1.54, 1.807) is 0 Å². The minimum Gasteiger partial charge on any atom is -0.417 e. The van der Waals surface area contributed by atoms with E-state index >= 15 is 0 Å². The Morgan fingerprint density at radius 2 is 1.57 bits per heavy atom. The van der Waals surface area contributed by atoms with Crippen molar-refractivity contribution < 1.29 is 14.6 Å². The van der Waals surface area contributed by atoms with Gasteiger partial charge in [0.1, 0.15) is 0 Å². The smallest absolute Gasteiger partial charge is 0.191 e. The van der Waals surface area contributed by atoms with E-state index in [0.717, 1.165) is 6.61 Å². The molecule has 1 spiro atoms. The predicted octanol–water partition coefficient (Wildman–Crippen LogP) is 4.66. The number of unbranched alkanes of at least 4 members (excludes halogenated alkanes) is 1. The highest BCUT2D eigenvalue weighted by atomic mass is 28.4. The zero-order valence-corrected chi connectivity index (χ0v) is 20.3. The summed E-state index contributed by atoms with van der Waals surface area (Å²) in [6.07, 6.45) is 10.1. The predicted molar refractivity (Wildman–Crippen MR) is 120 cm³/mol. The minimum absolute atomic E-state index is 0.103. The third-order valence-electron chi connectivity index (χ3n) is 8.28. The van der Waals surface area contributed by atoms with Crippen LogP contribution in [-0.4, -0.2) is 62.9 Å². The molecule has 2 aliphatic rings. The Kier molecular flexibility index (Phi) is 9.02. The molecule has 0 radical (unpaired) electrons. The van der Waals surface area contributed by atoms with Crippen molar-refractivity contribution in [2.75, 3.05) is 39.5 Å². The van der Waals surface area contributed by atoms with Gasteiger partial charge < -0.3 is 19.5 Å². The quantitative estimate of drug-likeness (QED) is 0.426. The fourth-order valence-corrected chi connectivity index (χ4v) is 5.90. The van der Waals surface area contributed by atoms with Crippen LogP contribution in [0.25, 0.3) is 0 Å². The van der Waals surface area contributed by atoms with Gasteiger partial charge in [0.25, 0.3) is 0 Å². The zero-order chi connectivity index (χ0) is 20.8. The molecule has 2 N–H and O–H groups in total.